The molecule has 1 fully saturated rings. The van der Waals surface area contributed by atoms with Crippen molar-refractivity contribution >= 4 is 17.2 Å². The van der Waals surface area contributed by atoms with Gasteiger partial charge < -0.3 is 10.2 Å². The number of hydrogen-bond donors (Lipinski definition) is 1. The van der Waals surface area contributed by atoms with Crippen LogP contribution >= 0.6 is 11.3 Å². The van der Waals surface area contributed by atoms with Crippen molar-refractivity contribution in [1.82, 2.24) is 20.2 Å². The second-order valence-electron chi connectivity index (χ2n) is 5.86. The maximum atomic E-state index is 13.1. The van der Waals surface area contributed by atoms with E-state index in [0.29, 0.717) is 6.54 Å². The standard InChI is InChI=1S/C17H22N4OS/c1-13-16(23-12-20-13)17(22)21(11-14-5-2-3-9-19-14)15-6-4-8-18-10-7-15/h2-3,5,9,12,15,18H,4,6-8,10-11H2,1H3. The van der Waals surface area contributed by atoms with Crippen molar-refractivity contribution in [3.8, 4) is 0 Å². The van der Waals surface area contributed by atoms with E-state index in [2.05, 4.69) is 15.3 Å². The van der Waals surface area contributed by atoms with Crippen LogP contribution < -0.4 is 5.32 Å². The minimum absolute atomic E-state index is 0.0857. The van der Waals surface area contributed by atoms with Gasteiger partial charge in [0.05, 0.1) is 23.4 Å². The number of aromatic nitrogens is 2. The Morgan fingerprint density at radius 3 is 3.00 bits per heavy atom. The first-order valence-electron chi connectivity index (χ1n) is 8.07. The summed E-state index contributed by atoms with van der Waals surface area (Å²) in [7, 11) is 0. The summed E-state index contributed by atoms with van der Waals surface area (Å²) >= 11 is 1.43. The normalized spacial score (nSPS) is 18.4. The Hall–Kier alpha value is -1.79. The molecule has 1 unspecified atom stereocenters. The van der Waals surface area contributed by atoms with E-state index in [9.17, 15) is 4.79 Å². The molecular weight excluding hydrogens is 308 g/mol. The summed E-state index contributed by atoms with van der Waals surface area (Å²) in [6.07, 6.45) is 4.89. The Labute approximate surface area is 140 Å². The van der Waals surface area contributed by atoms with Gasteiger partial charge in [0.25, 0.3) is 5.91 Å². The first kappa shape index (κ1) is 16.1. The van der Waals surface area contributed by atoms with Crippen molar-refractivity contribution in [3.63, 3.8) is 0 Å². The van der Waals surface area contributed by atoms with E-state index < -0.39 is 0 Å². The molecule has 1 atom stereocenters. The van der Waals surface area contributed by atoms with Crippen LogP contribution in [0, 0.1) is 6.92 Å². The third-order valence-electron chi connectivity index (χ3n) is 4.25. The van der Waals surface area contributed by atoms with Crippen molar-refractivity contribution < 1.29 is 4.79 Å². The summed E-state index contributed by atoms with van der Waals surface area (Å²) < 4.78 is 0. The summed E-state index contributed by atoms with van der Waals surface area (Å²) in [4.78, 5) is 24.5. The molecule has 5 nitrogen and oxygen atoms in total. The van der Waals surface area contributed by atoms with Crippen LogP contribution in [0.2, 0.25) is 0 Å². The molecule has 0 saturated carbocycles. The molecule has 1 N–H and O–H groups in total. The van der Waals surface area contributed by atoms with E-state index >= 15 is 0 Å². The third-order valence-corrected chi connectivity index (χ3v) is 5.16. The number of hydrogen-bond acceptors (Lipinski definition) is 5. The van der Waals surface area contributed by atoms with Crippen LogP contribution in [0.1, 0.15) is 40.3 Å². The summed E-state index contributed by atoms with van der Waals surface area (Å²) in [5, 5.41) is 3.42. The minimum Gasteiger partial charge on any atom is -0.329 e. The largest absolute Gasteiger partial charge is 0.329 e. The molecule has 0 aromatic carbocycles. The summed E-state index contributed by atoms with van der Waals surface area (Å²) in [5.74, 6) is 0.0857. The lowest BCUT2D eigenvalue weighted by Gasteiger charge is -2.30. The molecule has 23 heavy (non-hydrogen) atoms. The fraction of sp³-hybridized carbons (Fsp3) is 0.471. The molecule has 1 saturated heterocycles. The van der Waals surface area contributed by atoms with Crippen LogP contribution in [0.3, 0.4) is 0 Å². The quantitative estimate of drug-likeness (QED) is 0.936. The van der Waals surface area contributed by atoms with Gasteiger partial charge in [0.2, 0.25) is 0 Å². The number of carbonyl (C=O) groups excluding carboxylic acids is 1. The van der Waals surface area contributed by atoms with Gasteiger partial charge in [-0.05, 0) is 51.4 Å². The molecule has 2 aromatic rings. The fourth-order valence-corrected chi connectivity index (χ4v) is 3.74. The number of aryl methyl sites for hydroxylation is 1. The Kier molecular flexibility index (Phi) is 5.35. The van der Waals surface area contributed by atoms with Crippen LogP contribution in [0.4, 0.5) is 0 Å². The van der Waals surface area contributed by atoms with Gasteiger partial charge in [0.1, 0.15) is 4.88 Å². The highest BCUT2D eigenvalue weighted by molar-refractivity contribution is 7.11. The lowest BCUT2D eigenvalue weighted by atomic mass is 10.1. The second kappa shape index (κ2) is 7.66. The van der Waals surface area contributed by atoms with Crippen LogP contribution in [-0.2, 0) is 6.54 Å². The van der Waals surface area contributed by atoms with Crippen molar-refractivity contribution in [1.29, 1.82) is 0 Å². The zero-order valence-electron chi connectivity index (χ0n) is 13.4. The number of nitrogens with one attached hydrogen (secondary N) is 1. The van der Waals surface area contributed by atoms with Gasteiger partial charge in [-0.3, -0.25) is 9.78 Å². The summed E-state index contributed by atoms with van der Waals surface area (Å²) in [6.45, 7) is 4.44. The number of rotatable bonds is 4. The van der Waals surface area contributed by atoms with Crippen molar-refractivity contribution in [2.75, 3.05) is 13.1 Å². The Morgan fingerprint density at radius 2 is 2.26 bits per heavy atom. The Bertz CT molecular complexity index is 635. The molecule has 0 bridgehead atoms. The van der Waals surface area contributed by atoms with E-state index in [0.717, 1.165) is 48.6 Å². The number of nitrogens with zero attached hydrogens (tertiary/aromatic N) is 3. The van der Waals surface area contributed by atoms with E-state index in [4.69, 9.17) is 0 Å². The molecule has 3 heterocycles. The molecule has 2 aromatic heterocycles. The van der Waals surface area contributed by atoms with Gasteiger partial charge in [-0.15, -0.1) is 11.3 Å². The van der Waals surface area contributed by atoms with Crippen molar-refractivity contribution in [2.45, 2.75) is 38.8 Å². The monoisotopic (exact) mass is 330 g/mol. The average molecular weight is 330 g/mol. The number of pyridine rings is 1. The lowest BCUT2D eigenvalue weighted by Crippen LogP contribution is -2.40. The van der Waals surface area contributed by atoms with Crippen LogP contribution in [-0.4, -0.2) is 39.9 Å². The molecule has 0 radical (unpaired) electrons. The van der Waals surface area contributed by atoms with E-state index in [1.165, 1.54) is 11.3 Å². The maximum absolute atomic E-state index is 13.1. The zero-order valence-corrected chi connectivity index (χ0v) is 14.2. The summed E-state index contributed by atoms with van der Waals surface area (Å²) in [6, 6.07) is 6.10. The van der Waals surface area contributed by atoms with E-state index in [1.807, 2.05) is 30.0 Å². The molecule has 1 amide bonds. The molecule has 122 valence electrons. The Morgan fingerprint density at radius 1 is 1.35 bits per heavy atom. The van der Waals surface area contributed by atoms with Gasteiger partial charge in [-0.25, -0.2) is 4.98 Å². The SMILES string of the molecule is Cc1ncsc1C(=O)N(Cc1ccccn1)C1CCCNCC1. The van der Waals surface area contributed by atoms with E-state index in [-0.39, 0.29) is 11.9 Å². The predicted octanol–water partition coefficient (Wildman–Crippen LogP) is 2.63. The van der Waals surface area contributed by atoms with Gasteiger partial charge in [-0.2, -0.15) is 0 Å². The number of amides is 1. The number of carbonyl (C=O) groups is 1. The van der Waals surface area contributed by atoms with Crippen LogP contribution in [0.5, 0.6) is 0 Å². The van der Waals surface area contributed by atoms with Crippen molar-refractivity contribution in [3.05, 3.63) is 46.2 Å². The van der Waals surface area contributed by atoms with Gasteiger partial charge in [0.15, 0.2) is 0 Å². The lowest BCUT2D eigenvalue weighted by molar-refractivity contribution is 0.0646. The zero-order chi connectivity index (χ0) is 16.1. The highest BCUT2D eigenvalue weighted by Crippen LogP contribution is 2.22. The molecule has 6 heteroatoms. The average Bonchev–Trinajstić information content (AvgIpc) is 2.84. The Balaban J connectivity index is 1.86. The maximum Gasteiger partial charge on any atom is 0.266 e. The smallest absolute Gasteiger partial charge is 0.266 e. The van der Waals surface area contributed by atoms with Crippen molar-refractivity contribution in [2.24, 2.45) is 0 Å². The topological polar surface area (TPSA) is 58.1 Å². The first-order valence-corrected chi connectivity index (χ1v) is 8.95. The molecule has 3 rings (SSSR count). The molecule has 0 aliphatic carbocycles. The third kappa shape index (κ3) is 3.95. The molecule has 1 aliphatic heterocycles. The first-order chi connectivity index (χ1) is 11.3. The highest BCUT2D eigenvalue weighted by atomic mass is 32.1. The highest BCUT2D eigenvalue weighted by Gasteiger charge is 2.27. The van der Waals surface area contributed by atoms with Crippen LogP contribution in [0.15, 0.2) is 29.9 Å². The number of thiazole rings is 1. The minimum atomic E-state index is 0.0857. The molecule has 0 spiro atoms. The van der Waals surface area contributed by atoms with Gasteiger partial charge in [-0.1, -0.05) is 6.07 Å². The van der Waals surface area contributed by atoms with Crippen LogP contribution in [0.25, 0.3) is 0 Å². The molecule has 1 aliphatic rings. The van der Waals surface area contributed by atoms with Gasteiger partial charge in [0, 0.05) is 12.2 Å². The summed E-state index contributed by atoms with van der Waals surface area (Å²) in [5.41, 5.74) is 3.49. The fourth-order valence-electron chi connectivity index (χ4n) is 2.98. The second-order valence-corrected chi connectivity index (χ2v) is 6.71. The van der Waals surface area contributed by atoms with Gasteiger partial charge >= 0.3 is 0 Å². The predicted molar refractivity (Wildman–Crippen MR) is 91.5 cm³/mol. The molecular formula is C17H22N4OS. The van der Waals surface area contributed by atoms with E-state index in [1.54, 1.807) is 11.7 Å².